The normalized spacial score (nSPS) is 12.7. The van der Waals surface area contributed by atoms with Gasteiger partial charge in [0, 0.05) is 29.4 Å². The largest absolute Gasteiger partial charge is 0.306 e. The van der Waals surface area contributed by atoms with E-state index in [1.807, 2.05) is 47.2 Å². The van der Waals surface area contributed by atoms with Crippen molar-refractivity contribution in [1.29, 1.82) is 0 Å². The van der Waals surface area contributed by atoms with Gasteiger partial charge in [-0.2, -0.15) is 5.10 Å². The van der Waals surface area contributed by atoms with Crippen molar-refractivity contribution in [3.63, 3.8) is 0 Å². The zero-order chi connectivity index (χ0) is 14.7. The van der Waals surface area contributed by atoms with Crippen molar-refractivity contribution in [2.24, 2.45) is 0 Å². The fourth-order valence-corrected chi connectivity index (χ4v) is 2.78. The van der Waals surface area contributed by atoms with Gasteiger partial charge in [-0.1, -0.05) is 36.7 Å². The quantitative estimate of drug-likeness (QED) is 0.764. The van der Waals surface area contributed by atoms with Crippen molar-refractivity contribution < 1.29 is 0 Å². The molecule has 0 aliphatic carbocycles. The highest BCUT2D eigenvalue weighted by molar-refractivity contribution is 6.30. The summed E-state index contributed by atoms with van der Waals surface area (Å²) in [6.07, 6.45) is 4.90. The van der Waals surface area contributed by atoms with Crippen molar-refractivity contribution in [2.45, 2.75) is 25.9 Å². The van der Waals surface area contributed by atoms with E-state index in [4.69, 9.17) is 11.6 Å². The molecule has 21 heavy (non-hydrogen) atoms. The predicted octanol–water partition coefficient (Wildman–Crippen LogP) is 4.23. The summed E-state index contributed by atoms with van der Waals surface area (Å²) in [6, 6.07) is 14.4. The Morgan fingerprint density at radius 2 is 2.14 bits per heavy atom. The molecule has 0 spiro atoms. The molecule has 4 heteroatoms. The van der Waals surface area contributed by atoms with Crippen LogP contribution in [0.5, 0.6) is 0 Å². The molecule has 0 saturated heterocycles. The summed E-state index contributed by atoms with van der Waals surface area (Å²) in [5.74, 6) is 0. The van der Waals surface area contributed by atoms with E-state index >= 15 is 0 Å². The van der Waals surface area contributed by atoms with Crippen LogP contribution in [0, 0.1) is 0 Å². The van der Waals surface area contributed by atoms with Gasteiger partial charge >= 0.3 is 0 Å². The average Bonchev–Trinajstić information content (AvgIpc) is 2.91. The second kappa shape index (κ2) is 6.29. The molecule has 0 aliphatic rings. The van der Waals surface area contributed by atoms with E-state index in [9.17, 15) is 0 Å². The van der Waals surface area contributed by atoms with Crippen LogP contribution in [0.15, 0.2) is 54.9 Å². The van der Waals surface area contributed by atoms with E-state index in [0.717, 1.165) is 23.5 Å². The first kappa shape index (κ1) is 14.1. The monoisotopic (exact) mass is 299 g/mol. The summed E-state index contributed by atoms with van der Waals surface area (Å²) in [5.41, 5.74) is 3.57. The van der Waals surface area contributed by atoms with Crippen LogP contribution in [0.3, 0.4) is 0 Å². The zero-order valence-corrected chi connectivity index (χ0v) is 12.7. The minimum Gasteiger partial charge on any atom is -0.306 e. The SMILES string of the molecule is CCC(NCc1cnn2ccccc12)c1cccc(Cl)c1. The molecule has 1 atom stereocenters. The number of fused-ring (bicyclic) bond motifs is 1. The number of halogens is 1. The van der Waals surface area contributed by atoms with Crippen molar-refractivity contribution in [2.75, 3.05) is 0 Å². The molecule has 1 unspecified atom stereocenters. The molecule has 2 heterocycles. The Kier molecular flexibility index (Phi) is 4.23. The van der Waals surface area contributed by atoms with E-state index in [1.165, 1.54) is 11.1 Å². The molecular formula is C17H18ClN3. The maximum Gasteiger partial charge on any atom is 0.0706 e. The van der Waals surface area contributed by atoms with Crippen LogP contribution in [0.2, 0.25) is 5.02 Å². The Bertz CT molecular complexity index is 735. The molecule has 1 aromatic carbocycles. The molecule has 0 aliphatic heterocycles. The van der Waals surface area contributed by atoms with E-state index in [2.05, 4.69) is 29.5 Å². The topological polar surface area (TPSA) is 29.3 Å². The lowest BCUT2D eigenvalue weighted by atomic mass is 10.0. The molecule has 1 N–H and O–H groups in total. The number of rotatable bonds is 5. The van der Waals surface area contributed by atoms with Crippen LogP contribution in [-0.4, -0.2) is 9.61 Å². The summed E-state index contributed by atoms with van der Waals surface area (Å²) >= 11 is 6.08. The Balaban J connectivity index is 1.76. The summed E-state index contributed by atoms with van der Waals surface area (Å²) in [4.78, 5) is 0. The molecular weight excluding hydrogens is 282 g/mol. The van der Waals surface area contributed by atoms with Crippen LogP contribution >= 0.6 is 11.6 Å². The van der Waals surface area contributed by atoms with Crippen molar-refractivity contribution in [1.82, 2.24) is 14.9 Å². The van der Waals surface area contributed by atoms with Gasteiger partial charge in [-0.25, -0.2) is 4.52 Å². The highest BCUT2D eigenvalue weighted by Gasteiger charge is 2.10. The second-order valence-electron chi connectivity index (χ2n) is 5.10. The number of pyridine rings is 1. The summed E-state index contributed by atoms with van der Waals surface area (Å²) in [6.45, 7) is 2.97. The van der Waals surface area contributed by atoms with Crippen molar-refractivity contribution >= 4 is 17.1 Å². The summed E-state index contributed by atoms with van der Waals surface area (Å²) in [5, 5.41) is 8.74. The fraction of sp³-hybridized carbons (Fsp3) is 0.235. The lowest BCUT2D eigenvalue weighted by Crippen LogP contribution is -2.20. The molecule has 3 aromatic rings. The lowest BCUT2D eigenvalue weighted by molar-refractivity contribution is 0.520. The minimum atomic E-state index is 0.294. The Morgan fingerprint density at radius 3 is 2.95 bits per heavy atom. The van der Waals surface area contributed by atoms with Gasteiger partial charge in [0.05, 0.1) is 11.7 Å². The molecule has 0 fully saturated rings. The fourth-order valence-electron chi connectivity index (χ4n) is 2.58. The van der Waals surface area contributed by atoms with Gasteiger partial charge in [0.1, 0.15) is 0 Å². The summed E-state index contributed by atoms with van der Waals surface area (Å²) < 4.78 is 1.90. The molecule has 2 aromatic heterocycles. The maximum absolute atomic E-state index is 6.08. The predicted molar refractivity (Wildman–Crippen MR) is 86.5 cm³/mol. The molecule has 0 saturated carbocycles. The third-order valence-corrected chi connectivity index (χ3v) is 3.94. The van der Waals surface area contributed by atoms with E-state index in [1.54, 1.807) is 0 Å². The first-order valence-electron chi connectivity index (χ1n) is 7.18. The van der Waals surface area contributed by atoms with Gasteiger partial charge in [0.25, 0.3) is 0 Å². The second-order valence-corrected chi connectivity index (χ2v) is 5.53. The number of hydrogen-bond donors (Lipinski definition) is 1. The maximum atomic E-state index is 6.08. The Morgan fingerprint density at radius 1 is 1.24 bits per heavy atom. The molecule has 0 bridgehead atoms. The van der Waals surface area contributed by atoms with Crippen LogP contribution < -0.4 is 5.32 Å². The molecule has 3 rings (SSSR count). The van der Waals surface area contributed by atoms with E-state index in [0.29, 0.717) is 6.04 Å². The van der Waals surface area contributed by atoms with Crippen LogP contribution in [0.1, 0.15) is 30.5 Å². The molecule has 108 valence electrons. The first-order chi connectivity index (χ1) is 10.3. The number of nitrogens with one attached hydrogen (secondary N) is 1. The van der Waals surface area contributed by atoms with E-state index in [-0.39, 0.29) is 0 Å². The van der Waals surface area contributed by atoms with Gasteiger partial charge in [-0.05, 0) is 36.2 Å². The summed E-state index contributed by atoms with van der Waals surface area (Å²) in [7, 11) is 0. The van der Waals surface area contributed by atoms with Gasteiger partial charge < -0.3 is 5.32 Å². The average molecular weight is 300 g/mol. The number of nitrogens with zero attached hydrogens (tertiary/aromatic N) is 2. The number of aromatic nitrogens is 2. The van der Waals surface area contributed by atoms with Crippen LogP contribution in [-0.2, 0) is 6.54 Å². The molecule has 0 radical (unpaired) electrons. The molecule has 3 nitrogen and oxygen atoms in total. The smallest absolute Gasteiger partial charge is 0.0706 e. The van der Waals surface area contributed by atoms with Crippen molar-refractivity contribution in [3.8, 4) is 0 Å². The molecule has 0 amide bonds. The third kappa shape index (κ3) is 3.09. The standard InChI is InChI=1S/C17H18ClN3/c1-2-16(13-6-5-7-15(18)10-13)19-11-14-12-20-21-9-4-3-8-17(14)21/h3-10,12,16,19H,2,11H2,1H3. The van der Waals surface area contributed by atoms with Gasteiger partial charge in [0.15, 0.2) is 0 Å². The Hall–Kier alpha value is -1.84. The van der Waals surface area contributed by atoms with Gasteiger partial charge in [-0.15, -0.1) is 0 Å². The highest BCUT2D eigenvalue weighted by Crippen LogP contribution is 2.21. The van der Waals surface area contributed by atoms with Crippen LogP contribution in [0.4, 0.5) is 0 Å². The number of hydrogen-bond acceptors (Lipinski definition) is 2. The van der Waals surface area contributed by atoms with Crippen LogP contribution in [0.25, 0.3) is 5.52 Å². The van der Waals surface area contributed by atoms with Crippen molar-refractivity contribution in [3.05, 3.63) is 71.0 Å². The zero-order valence-electron chi connectivity index (χ0n) is 12.0. The minimum absolute atomic E-state index is 0.294. The first-order valence-corrected chi connectivity index (χ1v) is 7.56. The lowest BCUT2D eigenvalue weighted by Gasteiger charge is -2.17. The number of benzene rings is 1. The third-order valence-electron chi connectivity index (χ3n) is 3.70. The van der Waals surface area contributed by atoms with Gasteiger partial charge in [-0.3, -0.25) is 0 Å². The van der Waals surface area contributed by atoms with Gasteiger partial charge in [0.2, 0.25) is 0 Å². The Labute approximate surface area is 129 Å². The highest BCUT2D eigenvalue weighted by atomic mass is 35.5. The van der Waals surface area contributed by atoms with E-state index < -0.39 is 0 Å².